The van der Waals surface area contributed by atoms with E-state index in [2.05, 4.69) is 6.92 Å². The van der Waals surface area contributed by atoms with Gasteiger partial charge in [-0.15, -0.1) is 23.5 Å². The molecule has 0 aromatic carbocycles. The average Bonchev–Trinajstić information content (AvgIpc) is 2.16. The number of unbranched alkanes of at least 4 members (excludes halogenated alkanes) is 1. The maximum absolute atomic E-state index is 11.6. The zero-order valence-corrected chi connectivity index (χ0v) is 10.1. The van der Waals surface area contributed by atoms with Crippen LogP contribution in [0.5, 0.6) is 0 Å². The Labute approximate surface area is 89.4 Å². The smallest absolute Gasteiger partial charge is 0.155 e. The lowest BCUT2D eigenvalue weighted by atomic mass is 10.1. The largest absolute Gasteiger partial charge is 0.297 e. The second-order valence-corrected chi connectivity index (χ2v) is 6.51. The van der Waals surface area contributed by atoms with Gasteiger partial charge in [-0.1, -0.05) is 19.8 Å². The van der Waals surface area contributed by atoms with Crippen molar-refractivity contribution in [1.82, 2.24) is 0 Å². The van der Waals surface area contributed by atoms with Crippen LogP contribution in [0.2, 0.25) is 0 Å². The Kier molecular flexibility index (Phi) is 4.67. The van der Waals surface area contributed by atoms with Crippen LogP contribution < -0.4 is 0 Å². The van der Waals surface area contributed by atoms with Gasteiger partial charge in [0.2, 0.25) is 0 Å². The normalized spacial score (nSPS) is 21.4. The Hall–Kier alpha value is 0.370. The lowest BCUT2D eigenvalue weighted by Gasteiger charge is -2.33. The van der Waals surface area contributed by atoms with Crippen LogP contribution in [-0.2, 0) is 4.79 Å². The molecule has 1 saturated heterocycles. The van der Waals surface area contributed by atoms with E-state index in [4.69, 9.17) is 0 Å². The first kappa shape index (κ1) is 11.4. The lowest BCUT2D eigenvalue weighted by molar-refractivity contribution is -0.117. The van der Waals surface area contributed by atoms with Gasteiger partial charge in [-0.25, -0.2) is 0 Å². The minimum atomic E-state index is -0.0751. The molecule has 0 aromatic rings. The molecule has 0 unspecified atom stereocenters. The maximum atomic E-state index is 11.6. The van der Waals surface area contributed by atoms with E-state index < -0.39 is 0 Å². The molecule has 1 aliphatic rings. The molecule has 0 aromatic heterocycles. The Morgan fingerprint density at radius 3 is 2.46 bits per heavy atom. The molecule has 0 atom stereocenters. The molecule has 1 heterocycles. The van der Waals surface area contributed by atoms with Gasteiger partial charge >= 0.3 is 0 Å². The molecular formula is C10H18OS2. The van der Waals surface area contributed by atoms with Crippen molar-refractivity contribution in [3.63, 3.8) is 0 Å². The Morgan fingerprint density at radius 2 is 2.00 bits per heavy atom. The molecule has 0 spiro atoms. The van der Waals surface area contributed by atoms with E-state index in [0.29, 0.717) is 5.78 Å². The predicted molar refractivity (Wildman–Crippen MR) is 62.5 cm³/mol. The van der Waals surface area contributed by atoms with Crippen LogP contribution in [0.1, 0.15) is 39.5 Å². The summed E-state index contributed by atoms with van der Waals surface area (Å²) in [5.41, 5.74) is 0. The van der Waals surface area contributed by atoms with Crippen LogP contribution in [0.4, 0.5) is 0 Å². The van der Waals surface area contributed by atoms with E-state index in [0.717, 1.165) is 17.9 Å². The second kappa shape index (κ2) is 5.30. The van der Waals surface area contributed by atoms with Gasteiger partial charge in [0.15, 0.2) is 5.78 Å². The van der Waals surface area contributed by atoms with E-state index in [1.807, 2.05) is 23.5 Å². The molecule has 0 radical (unpaired) electrons. The van der Waals surface area contributed by atoms with E-state index in [-0.39, 0.29) is 4.08 Å². The monoisotopic (exact) mass is 218 g/mol. The standard InChI is InChI=1S/C10H18OS2/c1-3-4-6-10(9(2)11)12-7-5-8-13-10/h3-8H2,1-2H3. The van der Waals surface area contributed by atoms with E-state index in [9.17, 15) is 4.79 Å². The highest BCUT2D eigenvalue weighted by molar-refractivity contribution is 8.19. The molecular weight excluding hydrogens is 200 g/mol. The van der Waals surface area contributed by atoms with Gasteiger partial charge in [-0.3, -0.25) is 4.79 Å². The van der Waals surface area contributed by atoms with E-state index in [1.165, 1.54) is 19.3 Å². The SMILES string of the molecule is CCCCC1(C(C)=O)SCCCS1. The lowest BCUT2D eigenvalue weighted by Crippen LogP contribution is -2.32. The van der Waals surface area contributed by atoms with Crippen molar-refractivity contribution in [2.75, 3.05) is 11.5 Å². The highest BCUT2D eigenvalue weighted by Gasteiger charge is 2.37. The van der Waals surface area contributed by atoms with Crippen LogP contribution in [0.3, 0.4) is 0 Å². The fourth-order valence-electron chi connectivity index (χ4n) is 1.51. The first-order valence-electron chi connectivity index (χ1n) is 5.00. The number of hydrogen-bond donors (Lipinski definition) is 0. The zero-order valence-electron chi connectivity index (χ0n) is 8.47. The molecule has 76 valence electrons. The van der Waals surface area contributed by atoms with Gasteiger partial charge in [-0.05, 0) is 31.3 Å². The van der Waals surface area contributed by atoms with Gasteiger partial charge in [0.05, 0.1) is 0 Å². The first-order chi connectivity index (χ1) is 6.21. The number of ketones is 1. The van der Waals surface area contributed by atoms with Crippen molar-refractivity contribution in [3.05, 3.63) is 0 Å². The first-order valence-corrected chi connectivity index (χ1v) is 6.97. The van der Waals surface area contributed by atoms with Crippen molar-refractivity contribution >= 4 is 29.3 Å². The second-order valence-electron chi connectivity index (χ2n) is 3.46. The fourth-order valence-corrected chi connectivity index (χ4v) is 4.74. The van der Waals surface area contributed by atoms with Gasteiger partial charge in [0, 0.05) is 0 Å². The van der Waals surface area contributed by atoms with Crippen LogP contribution in [0.15, 0.2) is 0 Å². The summed E-state index contributed by atoms with van der Waals surface area (Å²) in [6, 6.07) is 0. The minimum Gasteiger partial charge on any atom is -0.297 e. The summed E-state index contributed by atoms with van der Waals surface area (Å²) < 4.78 is -0.0751. The average molecular weight is 218 g/mol. The zero-order chi connectivity index (χ0) is 9.73. The van der Waals surface area contributed by atoms with Crippen LogP contribution >= 0.6 is 23.5 Å². The van der Waals surface area contributed by atoms with Crippen molar-refractivity contribution in [1.29, 1.82) is 0 Å². The van der Waals surface area contributed by atoms with Crippen LogP contribution in [0.25, 0.3) is 0 Å². The molecule has 0 amide bonds. The molecule has 1 nitrogen and oxygen atoms in total. The number of rotatable bonds is 4. The van der Waals surface area contributed by atoms with E-state index in [1.54, 1.807) is 6.92 Å². The number of hydrogen-bond acceptors (Lipinski definition) is 3. The molecule has 13 heavy (non-hydrogen) atoms. The molecule has 0 aliphatic carbocycles. The number of thioether (sulfide) groups is 2. The van der Waals surface area contributed by atoms with Gasteiger partial charge in [0.25, 0.3) is 0 Å². The Bertz CT molecular complexity index is 174. The van der Waals surface area contributed by atoms with Gasteiger partial charge < -0.3 is 0 Å². The molecule has 1 aliphatic heterocycles. The summed E-state index contributed by atoms with van der Waals surface area (Å²) in [6.45, 7) is 3.94. The Morgan fingerprint density at radius 1 is 1.38 bits per heavy atom. The van der Waals surface area contributed by atoms with Crippen LogP contribution in [0, 0.1) is 0 Å². The number of carbonyl (C=O) groups excluding carboxylic acids is 1. The molecule has 1 rings (SSSR count). The van der Waals surface area contributed by atoms with Crippen molar-refractivity contribution < 1.29 is 4.79 Å². The maximum Gasteiger partial charge on any atom is 0.155 e. The van der Waals surface area contributed by atoms with Gasteiger partial charge in [-0.2, -0.15) is 0 Å². The molecule has 1 fully saturated rings. The van der Waals surface area contributed by atoms with E-state index >= 15 is 0 Å². The van der Waals surface area contributed by atoms with Gasteiger partial charge in [0.1, 0.15) is 4.08 Å². The predicted octanol–water partition coefficient (Wildman–Crippen LogP) is 3.33. The summed E-state index contributed by atoms with van der Waals surface area (Å²) in [7, 11) is 0. The van der Waals surface area contributed by atoms with Crippen molar-refractivity contribution in [2.45, 2.75) is 43.6 Å². The summed E-state index contributed by atoms with van der Waals surface area (Å²) in [6.07, 6.45) is 4.69. The Balaban J connectivity index is 2.56. The third-order valence-electron chi connectivity index (χ3n) is 2.35. The highest BCUT2D eigenvalue weighted by Crippen LogP contribution is 2.46. The summed E-state index contributed by atoms with van der Waals surface area (Å²) in [4.78, 5) is 11.6. The summed E-state index contributed by atoms with van der Waals surface area (Å²) in [5, 5.41) is 0. The highest BCUT2D eigenvalue weighted by atomic mass is 32.2. The fraction of sp³-hybridized carbons (Fsp3) is 0.900. The molecule has 0 saturated carbocycles. The quantitative estimate of drug-likeness (QED) is 0.720. The molecule has 0 bridgehead atoms. The summed E-state index contributed by atoms with van der Waals surface area (Å²) in [5.74, 6) is 2.70. The van der Waals surface area contributed by atoms with Crippen molar-refractivity contribution in [3.8, 4) is 0 Å². The minimum absolute atomic E-state index is 0.0751. The third kappa shape index (κ3) is 2.91. The third-order valence-corrected chi connectivity index (χ3v) is 5.96. The summed E-state index contributed by atoms with van der Waals surface area (Å²) >= 11 is 3.74. The topological polar surface area (TPSA) is 17.1 Å². The molecule has 3 heteroatoms. The number of carbonyl (C=O) groups is 1. The number of Topliss-reactive ketones (excluding diaryl/α,β-unsaturated/α-hetero) is 1. The van der Waals surface area contributed by atoms with Crippen LogP contribution in [-0.4, -0.2) is 21.4 Å². The van der Waals surface area contributed by atoms with Crippen molar-refractivity contribution in [2.24, 2.45) is 0 Å². The molecule has 0 N–H and O–H groups in total.